The highest BCUT2D eigenvalue weighted by molar-refractivity contribution is 6.15. The van der Waals surface area contributed by atoms with Crippen LogP contribution in [-0.2, 0) is 0 Å². The lowest BCUT2D eigenvalue weighted by molar-refractivity contribution is 0.191. The lowest BCUT2D eigenvalue weighted by Gasteiger charge is -2.18. The van der Waals surface area contributed by atoms with Crippen LogP contribution in [0, 0.1) is 11.7 Å². The van der Waals surface area contributed by atoms with Crippen LogP contribution >= 0.6 is 0 Å². The second kappa shape index (κ2) is 7.51. The summed E-state index contributed by atoms with van der Waals surface area (Å²) in [5.41, 5.74) is 7.62. The number of H-pyrrole nitrogens is 1. The molecule has 8 heteroatoms. The van der Waals surface area contributed by atoms with Crippen LogP contribution in [-0.4, -0.2) is 51.2 Å². The first-order chi connectivity index (χ1) is 13.9. The van der Waals surface area contributed by atoms with E-state index in [2.05, 4.69) is 21.8 Å². The molecule has 1 aliphatic carbocycles. The number of halogens is 1. The number of nitrogens with two attached hydrogens (primary N) is 1. The summed E-state index contributed by atoms with van der Waals surface area (Å²) in [4.78, 5) is 6.35. The Balaban J connectivity index is 1.68. The van der Waals surface area contributed by atoms with Crippen molar-refractivity contribution in [2.24, 2.45) is 16.6 Å². The van der Waals surface area contributed by atoms with E-state index in [4.69, 9.17) is 10.5 Å². The third-order valence-electron chi connectivity index (χ3n) is 5.59. The topological polar surface area (TPSA) is 99.8 Å². The van der Waals surface area contributed by atoms with Crippen molar-refractivity contribution in [3.63, 3.8) is 0 Å². The minimum absolute atomic E-state index is 0.147. The molecule has 7 nitrogen and oxygen atoms in total. The largest absolute Gasteiger partial charge is 0.484 e. The zero-order valence-electron chi connectivity index (χ0n) is 16.5. The number of aromatic amines is 1. The number of fused-ring (bicyclic) bond motifs is 1. The molecule has 1 aliphatic heterocycles. The molecular formula is C21H26FN5O2. The molecule has 154 valence electrons. The smallest absolute Gasteiger partial charge is 0.167 e. The van der Waals surface area contributed by atoms with Crippen LogP contribution in [0.2, 0.25) is 0 Å². The number of benzene rings is 1. The number of nitrogens with one attached hydrogen (secondary N) is 1. The average Bonchev–Trinajstić information content (AvgIpc) is 3.10. The van der Waals surface area contributed by atoms with E-state index in [0.29, 0.717) is 34.7 Å². The van der Waals surface area contributed by atoms with Crippen molar-refractivity contribution in [3.8, 4) is 5.75 Å². The number of hydrogen-bond acceptors (Lipinski definition) is 6. The summed E-state index contributed by atoms with van der Waals surface area (Å²) < 4.78 is 20.3. The first-order valence-electron chi connectivity index (χ1n) is 9.81. The van der Waals surface area contributed by atoms with Crippen molar-refractivity contribution < 1.29 is 14.2 Å². The number of ether oxygens (including phenoxy) is 1. The summed E-state index contributed by atoms with van der Waals surface area (Å²) in [6, 6.07) is 3.05. The molecule has 2 aromatic rings. The third-order valence-corrected chi connectivity index (χ3v) is 5.59. The molecule has 1 aromatic carbocycles. The molecule has 0 amide bonds. The molecule has 1 saturated carbocycles. The van der Waals surface area contributed by atoms with Gasteiger partial charge in [0.2, 0.25) is 0 Å². The van der Waals surface area contributed by atoms with E-state index < -0.39 is 5.82 Å². The molecule has 1 aromatic heterocycles. The molecule has 0 spiro atoms. The van der Waals surface area contributed by atoms with Gasteiger partial charge in [0.15, 0.2) is 11.6 Å². The zero-order valence-corrected chi connectivity index (χ0v) is 16.5. The second-order valence-corrected chi connectivity index (χ2v) is 8.00. The number of aliphatic hydroxyl groups is 1. The van der Waals surface area contributed by atoms with E-state index in [-0.39, 0.29) is 23.9 Å². The average molecular weight is 399 g/mol. The molecule has 2 aliphatic rings. The third kappa shape index (κ3) is 3.98. The van der Waals surface area contributed by atoms with Gasteiger partial charge in [-0.05, 0) is 32.3 Å². The molecular weight excluding hydrogens is 373 g/mol. The highest BCUT2D eigenvalue weighted by atomic mass is 19.1. The van der Waals surface area contributed by atoms with E-state index in [1.807, 2.05) is 11.8 Å². The summed E-state index contributed by atoms with van der Waals surface area (Å²) in [5, 5.41) is 17.2. The van der Waals surface area contributed by atoms with Crippen LogP contribution in [0.1, 0.15) is 31.9 Å². The van der Waals surface area contributed by atoms with Crippen molar-refractivity contribution >= 4 is 16.6 Å². The Bertz CT molecular complexity index is 992. The Kier molecular flexibility index (Phi) is 5.04. The monoisotopic (exact) mass is 399 g/mol. The Hall–Kier alpha value is -2.87. The van der Waals surface area contributed by atoms with Crippen molar-refractivity contribution in [2.45, 2.75) is 31.8 Å². The van der Waals surface area contributed by atoms with Gasteiger partial charge >= 0.3 is 0 Å². The molecule has 1 atom stereocenters. The molecule has 0 radical (unpaired) electrons. The highest BCUT2D eigenvalue weighted by Crippen LogP contribution is 2.41. The summed E-state index contributed by atoms with van der Waals surface area (Å²) in [6.45, 7) is 7.27. The summed E-state index contributed by atoms with van der Waals surface area (Å²) in [7, 11) is 0. The maximum absolute atomic E-state index is 14.4. The molecule has 2 heterocycles. The second-order valence-electron chi connectivity index (χ2n) is 8.00. The van der Waals surface area contributed by atoms with Crippen molar-refractivity contribution in [2.75, 3.05) is 19.7 Å². The SMILES string of the molecule is C=C/N=C(\C=C(/N)N1CC[C@@H](CO)C1)c1n[nH]c2cc(F)c(OC3(C)CC3)cc12. The van der Waals surface area contributed by atoms with E-state index in [1.54, 1.807) is 12.1 Å². The molecule has 0 bridgehead atoms. The lowest BCUT2D eigenvalue weighted by Crippen LogP contribution is -2.27. The fourth-order valence-electron chi connectivity index (χ4n) is 3.55. The normalized spacial score (nSPS) is 21.6. The number of likely N-dealkylation sites (tertiary alicyclic amines) is 1. The van der Waals surface area contributed by atoms with E-state index >= 15 is 0 Å². The molecule has 0 unspecified atom stereocenters. The van der Waals surface area contributed by atoms with Crippen molar-refractivity contribution in [1.29, 1.82) is 0 Å². The number of rotatable bonds is 7. The lowest BCUT2D eigenvalue weighted by atomic mass is 10.1. The van der Waals surface area contributed by atoms with Gasteiger partial charge in [0.25, 0.3) is 0 Å². The van der Waals surface area contributed by atoms with Crippen molar-refractivity contribution in [3.05, 3.63) is 48.3 Å². The number of aliphatic imine (C=N–C) groups is 1. The first kappa shape index (κ1) is 19.4. The van der Waals surface area contributed by atoms with Gasteiger partial charge in [-0.1, -0.05) is 6.58 Å². The summed E-state index contributed by atoms with van der Waals surface area (Å²) in [5.74, 6) is 0.548. The minimum Gasteiger partial charge on any atom is -0.484 e. The quantitative estimate of drug-likeness (QED) is 0.622. The number of hydrogen-bond donors (Lipinski definition) is 3. The van der Waals surface area contributed by atoms with E-state index in [0.717, 1.165) is 25.8 Å². The standard InChI is InChI=1S/C21H26FN5O2/c1-3-24-17(10-19(23)27-7-4-13(11-27)12-28)20-14-8-18(29-21(2)5-6-21)15(22)9-16(14)25-26-20/h3,8-10,13,28H,1,4-7,11-12,23H2,2H3,(H,25,26)/b19-10+,24-17+/t13-/m1/s1. The van der Waals surface area contributed by atoms with Crippen LogP contribution < -0.4 is 10.5 Å². The van der Waals surface area contributed by atoms with Gasteiger partial charge in [0.1, 0.15) is 17.1 Å². The van der Waals surface area contributed by atoms with Crippen LogP contribution in [0.15, 0.2) is 41.8 Å². The molecule has 1 saturated heterocycles. The van der Waals surface area contributed by atoms with Gasteiger partial charge in [0, 0.05) is 49.3 Å². The highest BCUT2D eigenvalue weighted by Gasteiger charge is 2.40. The maximum Gasteiger partial charge on any atom is 0.167 e. The Morgan fingerprint density at radius 3 is 3.00 bits per heavy atom. The predicted molar refractivity (Wildman–Crippen MR) is 110 cm³/mol. The number of nitrogens with zero attached hydrogens (tertiary/aromatic N) is 3. The van der Waals surface area contributed by atoms with Crippen LogP contribution in [0.3, 0.4) is 0 Å². The molecule has 2 fully saturated rings. The summed E-state index contributed by atoms with van der Waals surface area (Å²) in [6.07, 6.45) is 5.88. The van der Waals surface area contributed by atoms with Crippen LogP contribution in [0.25, 0.3) is 10.9 Å². The van der Waals surface area contributed by atoms with Crippen molar-refractivity contribution in [1.82, 2.24) is 15.1 Å². The van der Waals surface area contributed by atoms with Gasteiger partial charge < -0.3 is 20.5 Å². The van der Waals surface area contributed by atoms with Crippen LogP contribution in [0.5, 0.6) is 5.75 Å². The van der Waals surface area contributed by atoms with Gasteiger partial charge in [-0.3, -0.25) is 10.1 Å². The molecule has 4 N–H and O–H groups in total. The Morgan fingerprint density at radius 1 is 1.55 bits per heavy atom. The fraction of sp³-hybridized carbons (Fsp3) is 0.429. The van der Waals surface area contributed by atoms with E-state index in [9.17, 15) is 9.50 Å². The first-order valence-corrected chi connectivity index (χ1v) is 9.81. The number of aliphatic hydroxyl groups excluding tert-OH is 1. The Morgan fingerprint density at radius 2 is 2.34 bits per heavy atom. The van der Waals surface area contributed by atoms with Gasteiger partial charge in [-0.2, -0.15) is 5.10 Å². The minimum atomic E-state index is -0.426. The molecule has 29 heavy (non-hydrogen) atoms. The Labute approximate surface area is 168 Å². The van der Waals surface area contributed by atoms with Gasteiger partial charge in [-0.15, -0.1) is 0 Å². The summed E-state index contributed by atoms with van der Waals surface area (Å²) >= 11 is 0. The van der Waals surface area contributed by atoms with Gasteiger partial charge in [0.05, 0.1) is 11.2 Å². The van der Waals surface area contributed by atoms with Crippen LogP contribution in [0.4, 0.5) is 4.39 Å². The van der Waals surface area contributed by atoms with Gasteiger partial charge in [-0.25, -0.2) is 4.39 Å². The number of allylic oxidation sites excluding steroid dienone is 1. The molecule has 4 rings (SSSR count). The zero-order chi connectivity index (χ0) is 20.6. The maximum atomic E-state index is 14.4. The van der Waals surface area contributed by atoms with E-state index in [1.165, 1.54) is 12.3 Å². The number of aromatic nitrogens is 2. The fourth-order valence-corrected chi connectivity index (χ4v) is 3.55. The predicted octanol–water partition coefficient (Wildman–Crippen LogP) is 2.68.